The van der Waals surface area contributed by atoms with Gasteiger partial charge in [-0.3, -0.25) is 59.2 Å². The predicted molar refractivity (Wildman–Crippen MR) is 444 cm³/mol. The fourth-order valence-electron chi connectivity index (χ4n) is 14.9. The molecule has 19 nitrogen and oxygen atoms in total. The van der Waals surface area contributed by atoms with Crippen LogP contribution in [0.2, 0.25) is 0 Å². The third-order valence-corrected chi connectivity index (χ3v) is 20.9. The molecule has 9 aromatic rings. The van der Waals surface area contributed by atoms with Crippen LogP contribution >= 0.6 is 0 Å². The Balaban J connectivity index is 0.000000188. The lowest BCUT2D eigenvalue weighted by atomic mass is 9.94. The Morgan fingerprint density at radius 2 is 0.700 bits per heavy atom. The van der Waals surface area contributed by atoms with Crippen molar-refractivity contribution >= 4 is 40.9 Å². The minimum Gasteiger partial charge on any atom is -0.453 e. The lowest BCUT2D eigenvalue weighted by Crippen LogP contribution is -2.47. The van der Waals surface area contributed by atoms with E-state index in [0.717, 1.165) is 145 Å². The van der Waals surface area contributed by atoms with Gasteiger partial charge >= 0.3 is 6.09 Å². The normalized spacial score (nSPS) is 15.1. The van der Waals surface area contributed by atoms with Crippen molar-refractivity contribution in [3.8, 4) is 0 Å². The molecule has 3 heterocycles. The Kier molecular flexibility index (Phi) is 32.6. The number of anilines is 2. The molecule has 3 aliphatic rings. The smallest absolute Gasteiger partial charge is 0.411 e. The van der Waals surface area contributed by atoms with E-state index in [1.165, 1.54) is 41.0 Å². The van der Waals surface area contributed by atoms with Crippen molar-refractivity contribution in [2.75, 3.05) is 136 Å². The molecule has 3 atom stereocenters. The zero-order chi connectivity index (χ0) is 78.3. The van der Waals surface area contributed by atoms with Crippen LogP contribution in [0.4, 0.5) is 21.9 Å². The third-order valence-electron chi connectivity index (χ3n) is 20.9. The number of nitrogens with two attached hydrogens (primary N) is 1. The SMILES string of the molecule is C=C.CCN(CC)C(=O)c1ccc([C@H](c2cccc(N)c2)N2CCN(Cc3ccccc3)CC2)cc1.CCN(CC)C(=O)c1ccc([C@H](c2cccc(NC(=O)OC)c2)N2CCN(Cc3ccccc3)CC2)cc1.CCN(CC)C(=O)c1ccc([C@H](c2cccc([N+](=O)[O-])c2)N2CCN(Cc3ccccc3)CC2)cc1. The molecular formula is C91H112N12O7. The quantitative estimate of drug-likeness (QED) is 0.0225. The third kappa shape index (κ3) is 23.2. The number of nitrogen functional groups attached to an aromatic ring is 1. The Bertz CT molecular complexity index is 4290. The lowest BCUT2D eigenvalue weighted by molar-refractivity contribution is -0.384. The van der Waals surface area contributed by atoms with E-state index in [1.54, 1.807) is 17.0 Å². The van der Waals surface area contributed by atoms with Gasteiger partial charge in [0.05, 0.1) is 30.2 Å². The molecule has 3 N–H and O–H groups in total. The number of methoxy groups -OCH3 is 1. The molecule has 9 aromatic carbocycles. The maximum Gasteiger partial charge on any atom is 0.411 e. The number of nitro groups is 1. The molecule has 0 spiro atoms. The van der Waals surface area contributed by atoms with Crippen LogP contribution in [-0.2, 0) is 24.4 Å². The van der Waals surface area contributed by atoms with Crippen LogP contribution in [0.5, 0.6) is 0 Å². The van der Waals surface area contributed by atoms with Gasteiger partial charge in [0, 0.05) is 178 Å². The van der Waals surface area contributed by atoms with E-state index < -0.39 is 6.09 Å². The molecule has 3 aliphatic heterocycles. The van der Waals surface area contributed by atoms with Crippen molar-refractivity contribution in [2.45, 2.75) is 79.3 Å². The number of ether oxygens (including phenoxy) is 1. The molecule has 110 heavy (non-hydrogen) atoms. The van der Waals surface area contributed by atoms with Crippen LogP contribution in [0.3, 0.4) is 0 Å². The van der Waals surface area contributed by atoms with Crippen molar-refractivity contribution in [1.29, 1.82) is 0 Å². The maximum atomic E-state index is 12.9. The highest BCUT2D eigenvalue weighted by molar-refractivity contribution is 5.95. The number of carbonyl (C=O) groups excluding carboxylic acids is 4. The van der Waals surface area contributed by atoms with Gasteiger partial charge < -0.3 is 25.2 Å². The number of amides is 4. The Hall–Kier alpha value is -10.6. The number of nitrogens with zero attached hydrogens (tertiary/aromatic N) is 10. The first kappa shape index (κ1) is 83.4. The summed E-state index contributed by atoms with van der Waals surface area (Å²) in [5.41, 5.74) is 20.3. The van der Waals surface area contributed by atoms with Crippen molar-refractivity contribution in [3.63, 3.8) is 0 Å². The van der Waals surface area contributed by atoms with Crippen molar-refractivity contribution < 1.29 is 28.8 Å². The Morgan fingerprint density at radius 1 is 0.400 bits per heavy atom. The van der Waals surface area contributed by atoms with Gasteiger partial charge in [-0.1, -0.05) is 164 Å². The molecule has 19 heteroatoms. The minimum atomic E-state index is -0.493. The zero-order valence-corrected chi connectivity index (χ0v) is 65.4. The van der Waals surface area contributed by atoms with Crippen LogP contribution in [0, 0.1) is 10.1 Å². The highest BCUT2D eigenvalue weighted by Gasteiger charge is 2.32. The monoisotopic (exact) mass is 1480 g/mol. The van der Waals surface area contributed by atoms with E-state index in [1.807, 2.05) is 142 Å². The topological polar surface area (TPSA) is 188 Å². The highest BCUT2D eigenvalue weighted by Crippen LogP contribution is 2.36. The number of non-ortho nitro benzene ring substituents is 1. The molecule has 0 bridgehead atoms. The average Bonchev–Trinajstić information content (AvgIpc) is 0.807. The van der Waals surface area contributed by atoms with E-state index in [0.29, 0.717) is 43.0 Å². The first-order chi connectivity index (χ1) is 53.6. The van der Waals surface area contributed by atoms with E-state index in [-0.39, 0.29) is 46.5 Å². The van der Waals surface area contributed by atoms with Crippen LogP contribution in [0.1, 0.15) is 141 Å². The largest absolute Gasteiger partial charge is 0.453 e. The summed E-state index contributed by atoms with van der Waals surface area (Å²) in [6.45, 7) is 36.2. The molecule has 0 aliphatic carbocycles. The number of hydrogen-bond acceptors (Lipinski definition) is 14. The zero-order valence-electron chi connectivity index (χ0n) is 65.4. The number of hydrogen-bond donors (Lipinski definition) is 2. The second-order valence-corrected chi connectivity index (χ2v) is 27.7. The molecule has 0 aromatic heterocycles. The molecule has 578 valence electrons. The van der Waals surface area contributed by atoms with Crippen LogP contribution in [0.25, 0.3) is 0 Å². The van der Waals surface area contributed by atoms with E-state index in [9.17, 15) is 29.3 Å². The number of rotatable bonds is 26. The van der Waals surface area contributed by atoms with Gasteiger partial charge in [0.15, 0.2) is 0 Å². The molecule has 12 rings (SSSR count). The van der Waals surface area contributed by atoms with E-state index in [4.69, 9.17) is 10.5 Å². The summed E-state index contributed by atoms with van der Waals surface area (Å²) in [5, 5.41) is 14.3. The van der Waals surface area contributed by atoms with Gasteiger partial charge in [0.25, 0.3) is 23.4 Å². The number of benzene rings is 9. The van der Waals surface area contributed by atoms with Gasteiger partial charge in [-0.25, -0.2) is 4.79 Å². The second-order valence-electron chi connectivity index (χ2n) is 27.7. The van der Waals surface area contributed by atoms with Gasteiger partial charge in [0.1, 0.15) is 0 Å². The molecule has 0 radical (unpaired) electrons. The summed E-state index contributed by atoms with van der Waals surface area (Å²) >= 11 is 0. The standard InChI is InChI=1S/C31H38N4O3.C29H34N4O3.C29H36N4O.C2H4/c1-4-34(5-2)30(36)26-16-14-25(15-17-26)29(27-12-9-13-28(22-27)32-31(37)38-3)35-20-18-33(19-21-35)23-24-10-7-6-8-11-24;1-3-31(4-2)29(34)25-15-13-24(14-16-25)28(26-11-8-12-27(21-26)33(35)36)32-19-17-30(18-20-32)22-23-9-6-5-7-10-23;1-3-32(4-2)29(34)25-15-13-24(14-16-25)28(26-11-8-12-27(30)21-26)33-19-17-31(18-20-33)22-23-9-6-5-7-10-23;1-2/h6-17,22,29H,4-5,18-21,23H2,1-3H3,(H,32,37);5-16,21,28H,3-4,17-20,22H2,1-2H3;5-16,21,28H,3-4,17-20,22,30H2,1-2H3;1-2H2/t29-;2*28-;/m111./s1. The minimum absolute atomic E-state index is 0.00845. The number of nitro benzene ring substituents is 1. The predicted octanol–water partition coefficient (Wildman–Crippen LogP) is 15.7. The summed E-state index contributed by atoms with van der Waals surface area (Å²) in [5.74, 6) is 0.163. The summed E-state index contributed by atoms with van der Waals surface area (Å²) in [6, 6.07) is 78.7. The molecule has 3 fully saturated rings. The average molecular weight is 1490 g/mol. The van der Waals surface area contributed by atoms with Gasteiger partial charge in [-0.05, 0) is 152 Å². The van der Waals surface area contributed by atoms with Crippen LogP contribution in [0.15, 0.2) is 250 Å². The molecule has 0 unspecified atom stereocenters. The molecule has 4 amide bonds. The van der Waals surface area contributed by atoms with Crippen LogP contribution in [-0.4, -0.2) is 198 Å². The second kappa shape index (κ2) is 42.9. The molecule has 0 saturated carbocycles. The van der Waals surface area contributed by atoms with Crippen molar-refractivity contribution in [2.24, 2.45) is 0 Å². The summed E-state index contributed by atoms with van der Waals surface area (Å²) in [4.78, 5) is 81.8. The maximum absolute atomic E-state index is 12.9. The first-order valence-electron chi connectivity index (χ1n) is 38.8. The Morgan fingerprint density at radius 3 is 1.00 bits per heavy atom. The summed E-state index contributed by atoms with van der Waals surface area (Å²) in [6.07, 6.45) is -0.493. The van der Waals surface area contributed by atoms with Gasteiger partial charge in [0.2, 0.25) is 0 Å². The van der Waals surface area contributed by atoms with Gasteiger partial charge in [-0.15, -0.1) is 13.2 Å². The van der Waals surface area contributed by atoms with Crippen molar-refractivity contribution in [3.05, 3.63) is 327 Å². The van der Waals surface area contributed by atoms with E-state index in [2.05, 4.69) is 175 Å². The van der Waals surface area contributed by atoms with E-state index >= 15 is 0 Å². The number of carbonyl (C=O) groups is 4. The lowest BCUT2D eigenvalue weighted by Gasteiger charge is -2.40. The Labute approximate surface area is 652 Å². The van der Waals surface area contributed by atoms with Crippen LogP contribution < -0.4 is 11.1 Å². The molecular weight excluding hydrogens is 1370 g/mol. The highest BCUT2D eigenvalue weighted by atomic mass is 16.6. The van der Waals surface area contributed by atoms with Crippen molar-refractivity contribution in [1.82, 2.24) is 44.1 Å². The fourth-order valence-corrected chi connectivity index (χ4v) is 14.9. The van der Waals surface area contributed by atoms with Gasteiger partial charge in [-0.2, -0.15) is 0 Å². The summed E-state index contributed by atoms with van der Waals surface area (Å²) in [7, 11) is 1.36. The number of piperazine rings is 3. The molecule has 3 saturated heterocycles. The number of nitrogens with one attached hydrogen (secondary N) is 1. The first-order valence-corrected chi connectivity index (χ1v) is 38.8. The summed E-state index contributed by atoms with van der Waals surface area (Å²) < 4.78 is 4.79. The fraction of sp³-hybridized carbons (Fsp3) is 0.341.